The van der Waals surface area contributed by atoms with Gasteiger partial charge in [-0.25, -0.2) is 5.90 Å². The molecule has 1 heterocycles. The van der Waals surface area contributed by atoms with E-state index in [0.717, 1.165) is 31.5 Å². The largest absolute Gasteiger partial charge is 0.339 e. The lowest BCUT2D eigenvalue weighted by molar-refractivity contribution is 0.0525. The number of nitrogens with zero attached hydrogens (tertiary/aromatic N) is 1. The van der Waals surface area contributed by atoms with Crippen molar-refractivity contribution in [2.24, 2.45) is 11.8 Å². The van der Waals surface area contributed by atoms with Gasteiger partial charge in [0.15, 0.2) is 0 Å². The van der Waals surface area contributed by atoms with Gasteiger partial charge in [0, 0.05) is 18.7 Å². The third-order valence-corrected chi connectivity index (χ3v) is 3.25. The van der Waals surface area contributed by atoms with Crippen molar-refractivity contribution in [3.63, 3.8) is 0 Å². The van der Waals surface area contributed by atoms with Crippen molar-refractivity contribution in [1.82, 2.24) is 4.90 Å². The standard InChI is InChI=1S/C13H18N2O2/c14-17-10-11-6-8-15(9-7-11)13(16)12-4-2-1-3-5-12/h1-5,11H,6-10,14H2. The minimum absolute atomic E-state index is 0.123. The van der Waals surface area contributed by atoms with E-state index in [0.29, 0.717) is 12.5 Å². The number of nitrogens with two attached hydrogens (primary N) is 1. The second-order valence-electron chi connectivity index (χ2n) is 4.43. The molecule has 2 N–H and O–H groups in total. The monoisotopic (exact) mass is 234 g/mol. The third-order valence-electron chi connectivity index (χ3n) is 3.25. The van der Waals surface area contributed by atoms with Gasteiger partial charge in [0.25, 0.3) is 5.91 Å². The zero-order chi connectivity index (χ0) is 12.1. The number of piperidine rings is 1. The molecule has 0 bridgehead atoms. The molecule has 0 radical (unpaired) electrons. The lowest BCUT2D eigenvalue weighted by atomic mass is 9.97. The van der Waals surface area contributed by atoms with E-state index < -0.39 is 0 Å². The van der Waals surface area contributed by atoms with Crippen molar-refractivity contribution >= 4 is 5.91 Å². The fraction of sp³-hybridized carbons (Fsp3) is 0.462. The number of benzene rings is 1. The molecule has 1 fully saturated rings. The van der Waals surface area contributed by atoms with Crippen molar-refractivity contribution in [2.75, 3.05) is 19.7 Å². The fourth-order valence-electron chi connectivity index (χ4n) is 2.20. The molecule has 0 aliphatic carbocycles. The summed E-state index contributed by atoms with van der Waals surface area (Å²) in [5.74, 6) is 5.67. The molecule has 0 aromatic heterocycles. The van der Waals surface area contributed by atoms with E-state index in [2.05, 4.69) is 4.84 Å². The van der Waals surface area contributed by atoms with Crippen molar-refractivity contribution in [3.05, 3.63) is 35.9 Å². The Bertz CT molecular complexity index is 359. The van der Waals surface area contributed by atoms with E-state index in [9.17, 15) is 4.79 Å². The molecule has 1 aromatic carbocycles. The van der Waals surface area contributed by atoms with E-state index in [4.69, 9.17) is 5.90 Å². The molecule has 2 rings (SSSR count). The van der Waals surface area contributed by atoms with Gasteiger partial charge in [-0.1, -0.05) is 18.2 Å². The molecule has 1 aliphatic heterocycles. The molecule has 4 heteroatoms. The van der Waals surface area contributed by atoms with Gasteiger partial charge >= 0.3 is 0 Å². The van der Waals surface area contributed by atoms with Crippen molar-refractivity contribution in [1.29, 1.82) is 0 Å². The highest BCUT2D eigenvalue weighted by atomic mass is 16.6. The topological polar surface area (TPSA) is 55.6 Å². The third kappa shape index (κ3) is 3.05. The van der Waals surface area contributed by atoms with Crippen molar-refractivity contribution in [3.8, 4) is 0 Å². The maximum Gasteiger partial charge on any atom is 0.253 e. The maximum atomic E-state index is 12.1. The zero-order valence-electron chi connectivity index (χ0n) is 9.84. The van der Waals surface area contributed by atoms with Gasteiger partial charge in [-0.2, -0.15) is 0 Å². The van der Waals surface area contributed by atoms with Crippen LogP contribution < -0.4 is 5.90 Å². The lowest BCUT2D eigenvalue weighted by Crippen LogP contribution is -2.39. The molecule has 0 unspecified atom stereocenters. The van der Waals surface area contributed by atoms with Crippen LogP contribution in [0.15, 0.2) is 30.3 Å². The van der Waals surface area contributed by atoms with E-state index in [1.165, 1.54) is 0 Å². The van der Waals surface area contributed by atoms with Crippen molar-refractivity contribution < 1.29 is 9.63 Å². The summed E-state index contributed by atoms with van der Waals surface area (Å²) < 4.78 is 0. The van der Waals surface area contributed by atoms with Crippen LogP contribution in [0.1, 0.15) is 23.2 Å². The summed E-state index contributed by atoms with van der Waals surface area (Å²) in [7, 11) is 0. The van der Waals surface area contributed by atoms with E-state index in [1.807, 2.05) is 35.2 Å². The molecule has 1 saturated heterocycles. The Morgan fingerprint density at radius 1 is 1.29 bits per heavy atom. The highest BCUT2D eigenvalue weighted by molar-refractivity contribution is 5.94. The predicted molar refractivity (Wildman–Crippen MR) is 65.2 cm³/mol. The smallest absolute Gasteiger partial charge is 0.253 e. The highest BCUT2D eigenvalue weighted by Crippen LogP contribution is 2.18. The molecule has 0 saturated carbocycles. The molecule has 0 spiro atoms. The lowest BCUT2D eigenvalue weighted by Gasteiger charge is -2.31. The zero-order valence-corrected chi connectivity index (χ0v) is 9.84. The molecule has 1 aromatic rings. The highest BCUT2D eigenvalue weighted by Gasteiger charge is 2.23. The normalized spacial score (nSPS) is 17.1. The molecule has 0 atom stereocenters. The number of carbonyl (C=O) groups excluding carboxylic acids is 1. The molecule has 92 valence electrons. The van der Waals surface area contributed by atoms with Gasteiger partial charge in [-0.3, -0.25) is 4.79 Å². The first-order chi connectivity index (χ1) is 8.31. The fourth-order valence-corrected chi connectivity index (χ4v) is 2.20. The van der Waals surface area contributed by atoms with E-state index in [-0.39, 0.29) is 5.91 Å². The Morgan fingerprint density at radius 3 is 2.53 bits per heavy atom. The summed E-state index contributed by atoms with van der Waals surface area (Å²) in [6, 6.07) is 9.42. The first kappa shape index (κ1) is 12.1. The second kappa shape index (κ2) is 5.80. The second-order valence-corrected chi connectivity index (χ2v) is 4.43. The van der Waals surface area contributed by atoms with Crippen LogP contribution >= 0.6 is 0 Å². The van der Waals surface area contributed by atoms with Gasteiger partial charge in [-0.05, 0) is 30.9 Å². The number of hydrogen-bond acceptors (Lipinski definition) is 3. The first-order valence-electron chi connectivity index (χ1n) is 5.97. The number of rotatable bonds is 3. The number of amides is 1. The summed E-state index contributed by atoms with van der Waals surface area (Å²) >= 11 is 0. The van der Waals surface area contributed by atoms with Crippen LogP contribution in [0, 0.1) is 5.92 Å². The minimum Gasteiger partial charge on any atom is -0.339 e. The quantitative estimate of drug-likeness (QED) is 0.805. The molecular formula is C13H18N2O2. The summed E-state index contributed by atoms with van der Waals surface area (Å²) in [5.41, 5.74) is 0.765. The van der Waals surface area contributed by atoms with E-state index >= 15 is 0 Å². The Hall–Kier alpha value is -1.39. The predicted octanol–water partition coefficient (Wildman–Crippen LogP) is 1.43. The average molecular weight is 234 g/mol. The van der Waals surface area contributed by atoms with Gasteiger partial charge in [0.2, 0.25) is 0 Å². The molecule has 4 nitrogen and oxygen atoms in total. The van der Waals surface area contributed by atoms with Crippen LogP contribution in [0.5, 0.6) is 0 Å². The number of hydrogen-bond donors (Lipinski definition) is 1. The number of likely N-dealkylation sites (tertiary alicyclic amines) is 1. The van der Waals surface area contributed by atoms with Crippen LogP contribution in [0.2, 0.25) is 0 Å². The Labute approximate surface area is 101 Å². The Kier molecular flexibility index (Phi) is 4.12. The SMILES string of the molecule is NOCC1CCN(C(=O)c2ccccc2)CC1. The van der Waals surface area contributed by atoms with Crippen LogP contribution in [-0.2, 0) is 4.84 Å². The van der Waals surface area contributed by atoms with Gasteiger partial charge < -0.3 is 9.74 Å². The molecular weight excluding hydrogens is 216 g/mol. The minimum atomic E-state index is 0.123. The Balaban J connectivity index is 1.91. The van der Waals surface area contributed by atoms with Gasteiger partial charge in [0.1, 0.15) is 0 Å². The summed E-state index contributed by atoms with van der Waals surface area (Å²) in [6.07, 6.45) is 1.94. The van der Waals surface area contributed by atoms with Crippen molar-refractivity contribution in [2.45, 2.75) is 12.8 Å². The van der Waals surface area contributed by atoms with Gasteiger partial charge in [-0.15, -0.1) is 0 Å². The summed E-state index contributed by atoms with van der Waals surface area (Å²) in [6.45, 7) is 2.18. The van der Waals surface area contributed by atoms with E-state index in [1.54, 1.807) is 0 Å². The average Bonchev–Trinajstić information content (AvgIpc) is 2.40. The van der Waals surface area contributed by atoms with Crippen LogP contribution in [0.25, 0.3) is 0 Å². The first-order valence-corrected chi connectivity index (χ1v) is 5.97. The Morgan fingerprint density at radius 2 is 1.94 bits per heavy atom. The summed E-state index contributed by atoms with van der Waals surface area (Å²) in [4.78, 5) is 18.7. The van der Waals surface area contributed by atoms with Crippen LogP contribution in [0.4, 0.5) is 0 Å². The molecule has 1 aliphatic rings. The maximum absolute atomic E-state index is 12.1. The molecule has 17 heavy (non-hydrogen) atoms. The summed E-state index contributed by atoms with van der Waals surface area (Å²) in [5, 5.41) is 0. The van der Waals surface area contributed by atoms with Crippen LogP contribution in [0.3, 0.4) is 0 Å². The number of carbonyl (C=O) groups is 1. The molecule has 1 amide bonds. The van der Waals surface area contributed by atoms with Crippen LogP contribution in [-0.4, -0.2) is 30.5 Å². The van der Waals surface area contributed by atoms with Gasteiger partial charge in [0.05, 0.1) is 6.61 Å².